The Kier molecular flexibility index (Phi) is 7.08. The Balaban J connectivity index is 1.47. The second-order valence-corrected chi connectivity index (χ2v) is 9.90. The number of amides is 1. The first kappa shape index (κ1) is 24.7. The predicted octanol–water partition coefficient (Wildman–Crippen LogP) is 2.20. The average molecular weight is 522 g/mol. The molecule has 0 aliphatic carbocycles. The van der Waals surface area contributed by atoms with Crippen LogP contribution in [0.15, 0.2) is 36.8 Å². The van der Waals surface area contributed by atoms with Crippen LogP contribution in [0.1, 0.15) is 15.2 Å². The van der Waals surface area contributed by atoms with Gasteiger partial charge in [-0.1, -0.05) is 0 Å². The van der Waals surface area contributed by atoms with Crippen molar-refractivity contribution >= 4 is 45.0 Å². The van der Waals surface area contributed by atoms with E-state index in [-0.39, 0.29) is 5.56 Å². The van der Waals surface area contributed by atoms with Gasteiger partial charge in [0.25, 0.3) is 5.91 Å². The Labute approximate surface area is 217 Å². The second kappa shape index (κ2) is 10.6. The molecule has 13 heteroatoms. The smallest absolute Gasteiger partial charge is 0.277 e. The predicted molar refractivity (Wildman–Crippen MR) is 141 cm³/mol. The molecule has 1 fully saturated rings. The van der Waals surface area contributed by atoms with Crippen LogP contribution in [0.5, 0.6) is 0 Å². The first-order valence-corrected chi connectivity index (χ1v) is 12.5. The number of ether oxygens (including phenoxy) is 1. The number of thiophene rings is 1. The number of nitrogens with zero attached hydrogens (tertiary/aromatic N) is 8. The minimum absolute atomic E-state index is 0.174. The van der Waals surface area contributed by atoms with E-state index in [0.29, 0.717) is 31.5 Å². The highest BCUT2D eigenvalue weighted by molar-refractivity contribution is 7.19. The summed E-state index contributed by atoms with van der Waals surface area (Å²) in [6.45, 7) is 3.38. The zero-order valence-electron chi connectivity index (χ0n) is 20.7. The maximum atomic E-state index is 11.5. The summed E-state index contributed by atoms with van der Waals surface area (Å²) in [5.41, 5.74) is 3.47. The van der Waals surface area contributed by atoms with Crippen molar-refractivity contribution in [2.75, 3.05) is 62.1 Å². The lowest BCUT2D eigenvalue weighted by molar-refractivity contribution is 0.0705. The van der Waals surface area contributed by atoms with Gasteiger partial charge in [-0.15, -0.1) is 11.3 Å². The van der Waals surface area contributed by atoms with Crippen LogP contribution in [-0.2, 0) is 11.3 Å². The minimum Gasteiger partial charge on any atom is -0.378 e. The quantitative estimate of drug-likeness (QED) is 0.274. The lowest BCUT2D eigenvalue weighted by Gasteiger charge is -2.28. The van der Waals surface area contributed by atoms with E-state index < -0.39 is 5.91 Å². The van der Waals surface area contributed by atoms with Gasteiger partial charge in [0.2, 0.25) is 5.95 Å². The van der Waals surface area contributed by atoms with E-state index in [1.165, 1.54) is 12.4 Å². The summed E-state index contributed by atoms with van der Waals surface area (Å²) in [5, 5.41) is 8.78. The highest BCUT2D eigenvalue weighted by Crippen LogP contribution is 2.35. The van der Waals surface area contributed by atoms with E-state index >= 15 is 0 Å². The molecule has 0 radical (unpaired) electrons. The molecule has 37 heavy (non-hydrogen) atoms. The summed E-state index contributed by atoms with van der Waals surface area (Å²) in [6.07, 6.45) is 4.55. The van der Waals surface area contributed by atoms with Crippen LogP contribution in [0.2, 0.25) is 0 Å². The standard InChI is InChI=1S/C24H27N9O3S/c1-31(2)19-5-4-15(11-25-19)21-28-18-10-17(37-20(18)22(29-21)33-6-8-36-9-7-33)14-32(3)24-26-12-16(13-27-24)23(34)30-35/h4-5,10-13,35H,6-9,14H2,1-3H3,(H,30,34). The maximum Gasteiger partial charge on any atom is 0.277 e. The van der Waals surface area contributed by atoms with Crippen molar-refractivity contribution in [1.29, 1.82) is 0 Å². The summed E-state index contributed by atoms with van der Waals surface area (Å²) in [7, 11) is 5.79. The third kappa shape index (κ3) is 5.28. The number of hydrogen-bond donors (Lipinski definition) is 2. The molecule has 0 saturated carbocycles. The molecule has 0 unspecified atom stereocenters. The molecule has 4 aromatic rings. The van der Waals surface area contributed by atoms with Crippen molar-refractivity contribution in [3.63, 3.8) is 0 Å². The highest BCUT2D eigenvalue weighted by Gasteiger charge is 2.21. The second-order valence-electron chi connectivity index (χ2n) is 8.77. The number of pyridine rings is 1. The minimum atomic E-state index is -0.657. The monoisotopic (exact) mass is 521 g/mol. The third-order valence-corrected chi connectivity index (χ3v) is 7.02. The molecule has 5 heterocycles. The van der Waals surface area contributed by atoms with Crippen LogP contribution in [0.4, 0.5) is 17.6 Å². The molecule has 0 spiro atoms. The third-order valence-electron chi connectivity index (χ3n) is 5.92. The Morgan fingerprint density at radius 1 is 1.11 bits per heavy atom. The molecular formula is C24H27N9O3S. The molecule has 0 atom stereocenters. The lowest BCUT2D eigenvalue weighted by Crippen LogP contribution is -2.36. The summed E-state index contributed by atoms with van der Waals surface area (Å²) in [5.74, 6) is 2.20. The van der Waals surface area contributed by atoms with Crippen molar-refractivity contribution < 1.29 is 14.7 Å². The zero-order chi connectivity index (χ0) is 25.9. The van der Waals surface area contributed by atoms with E-state index in [9.17, 15) is 4.79 Å². The molecule has 12 nitrogen and oxygen atoms in total. The number of rotatable bonds is 7. The van der Waals surface area contributed by atoms with E-state index in [0.717, 1.165) is 45.4 Å². The van der Waals surface area contributed by atoms with E-state index in [4.69, 9.17) is 19.9 Å². The molecule has 0 aromatic carbocycles. The summed E-state index contributed by atoms with van der Waals surface area (Å²) >= 11 is 1.64. The highest BCUT2D eigenvalue weighted by atomic mass is 32.1. The van der Waals surface area contributed by atoms with Gasteiger partial charge in [-0.2, -0.15) is 0 Å². The van der Waals surface area contributed by atoms with Crippen molar-refractivity contribution in [3.05, 3.63) is 47.2 Å². The number of carbonyl (C=O) groups is 1. The number of aromatic nitrogens is 5. The first-order chi connectivity index (χ1) is 17.9. The summed E-state index contributed by atoms with van der Waals surface area (Å²) in [4.78, 5) is 41.6. The number of fused-ring (bicyclic) bond motifs is 1. The molecule has 1 saturated heterocycles. The number of anilines is 3. The summed E-state index contributed by atoms with van der Waals surface area (Å²) in [6, 6.07) is 6.02. The number of nitrogens with one attached hydrogen (secondary N) is 1. The van der Waals surface area contributed by atoms with Crippen LogP contribution in [0.25, 0.3) is 21.6 Å². The number of carbonyl (C=O) groups excluding carboxylic acids is 1. The van der Waals surface area contributed by atoms with Gasteiger partial charge in [0.15, 0.2) is 11.6 Å². The molecule has 2 N–H and O–H groups in total. The maximum absolute atomic E-state index is 11.5. The zero-order valence-corrected chi connectivity index (χ0v) is 21.6. The van der Waals surface area contributed by atoms with Gasteiger partial charge in [0, 0.05) is 63.3 Å². The number of morpholine rings is 1. The Morgan fingerprint density at radius 3 is 2.51 bits per heavy atom. The van der Waals surface area contributed by atoms with Gasteiger partial charge in [0.05, 0.1) is 35.5 Å². The molecule has 0 bridgehead atoms. The molecule has 1 amide bonds. The fourth-order valence-electron chi connectivity index (χ4n) is 3.95. The van der Waals surface area contributed by atoms with Crippen molar-refractivity contribution in [2.45, 2.75) is 6.54 Å². The average Bonchev–Trinajstić information content (AvgIpc) is 3.35. The fraction of sp³-hybridized carbons (Fsp3) is 0.333. The molecular weight excluding hydrogens is 494 g/mol. The lowest BCUT2D eigenvalue weighted by atomic mass is 10.2. The van der Waals surface area contributed by atoms with Crippen molar-refractivity contribution in [1.82, 2.24) is 30.4 Å². The van der Waals surface area contributed by atoms with Crippen LogP contribution >= 0.6 is 11.3 Å². The Morgan fingerprint density at radius 2 is 1.86 bits per heavy atom. The van der Waals surface area contributed by atoms with Gasteiger partial charge in [-0.3, -0.25) is 10.0 Å². The van der Waals surface area contributed by atoms with Crippen LogP contribution in [-0.4, -0.2) is 83.5 Å². The molecule has 4 aromatic heterocycles. The molecule has 1 aliphatic heterocycles. The SMILES string of the molecule is CN(C)c1ccc(-c2nc(N3CCOCC3)c3sc(CN(C)c4ncc(C(=O)NO)cn4)cc3n2)cn1. The molecule has 5 rings (SSSR count). The van der Waals surface area contributed by atoms with E-state index in [2.05, 4.69) is 25.9 Å². The normalized spacial score (nSPS) is 13.6. The Bertz CT molecular complexity index is 1390. The first-order valence-electron chi connectivity index (χ1n) is 11.7. The fourth-order valence-corrected chi connectivity index (χ4v) is 5.11. The van der Waals surface area contributed by atoms with Crippen LogP contribution in [0.3, 0.4) is 0 Å². The number of hydrogen-bond acceptors (Lipinski definition) is 12. The largest absolute Gasteiger partial charge is 0.378 e. The van der Waals surface area contributed by atoms with Crippen LogP contribution in [0, 0.1) is 0 Å². The van der Waals surface area contributed by atoms with Crippen molar-refractivity contribution in [2.24, 2.45) is 0 Å². The van der Waals surface area contributed by atoms with Gasteiger partial charge in [-0.05, 0) is 18.2 Å². The molecule has 192 valence electrons. The van der Waals surface area contributed by atoms with Gasteiger partial charge in [-0.25, -0.2) is 30.4 Å². The van der Waals surface area contributed by atoms with Gasteiger partial charge < -0.3 is 19.4 Å². The molecule has 1 aliphatic rings. The Hall–Kier alpha value is -3.94. The van der Waals surface area contributed by atoms with E-state index in [1.54, 1.807) is 23.0 Å². The topological polar surface area (TPSA) is 133 Å². The van der Waals surface area contributed by atoms with Gasteiger partial charge >= 0.3 is 0 Å². The van der Waals surface area contributed by atoms with Crippen molar-refractivity contribution in [3.8, 4) is 11.4 Å². The number of hydroxylamine groups is 1. The van der Waals surface area contributed by atoms with E-state index in [1.807, 2.05) is 43.1 Å². The van der Waals surface area contributed by atoms with Crippen LogP contribution < -0.4 is 20.2 Å². The van der Waals surface area contributed by atoms with Gasteiger partial charge in [0.1, 0.15) is 5.82 Å². The summed E-state index contributed by atoms with van der Waals surface area (Å²) < 4.78 is 6.58.